The molecule has 5 nitrogen and oxygen atoms in total. The summed E-state index contributed by atoms with van der Waals surface area (Å²) in [6, 6.07) is 9.35. The highest BCUT2D eigenvalue weighted by Crippen LogP contribution is 2.26. The number of carbonyl (C=O) groups is 1. The Bertz CT molecular complexity index is 601. The largest absolute Gasteiger partial charge is 0.271 e. The molecule has 0 spiro atoms. The van der Waals surface area contributed by atoms with E-state index in [9.17, 15) is 4.79 Å². The number of hydrogen-bond donors (Lipinski definition) is 0. The number of hydrogen-bond acceptors (Lipinski definition) is 4. The lowest BCUT2D eigenvalue weighted by atomic mass is 10.0. The number of anilines is 1. The molecule has 1 atom stereocenters. The van der Waals surface area contributed by atoms with Crippen molar-refractivity contribution in [1.82, 2.24) is 0 Å². The molecule has 0 aliphatic carbocycles. The second-order valence-corrected chi connectivity index (χ2v) is 4.29. The fourth-order valence-electron chi connectivity index (χ4n) is 2.16. The standard InChI is InChI=1S/C13H12N4O/c1-8-11-12(15-9(2)14-8)16-17(13(11)18)10-6-4-3-5-7-10/h3-7,11H,1-2H3. The van der Waals surface area contributed by atoms with Gasteiger partial charge in [-0.15, -0.1) is 5.10 Å². The molecule has 0 N–H and O–H groups in total. The van der Waals surface area contributed by atoms with E-state index in [4.69, 9.17) is 0 Å². The minimum Gasteiger partial charge on any atom is -0.271 e. The van der Waals surface area contributed by atoms with Gasteiger partial charge in [0.05, 0.1) is 5.69 Å². The minimum absolute atomic E-state index is 0.0892. The molecular formula is C13H12N4O. The maximum absolute atomic E-state index is 12.3. The summed E-state index contributed by atoms with van der Waals surface area (Å²) in [5.74, 6) is 0.668. The average molecular weight is 240 g/mol. The Labute approximate surface area is 105 Å². The van der Waals surface area contributed by atoms with Crippen LogP contribution in [-0.2, 0) is 4.79 Å². The molecule has 2 aliphatic rings. The predicted molar refractivity (Wildman–Crippen MR) is 71.1 cm³/mol. The van der Waals surface area contributed by atoms with Crippen LogP contribution in [0.1, 0.15) is 13.8 Å². The van der Waals surface area contributed by atoms with E-state index >= 15 is 0 Å². The number of benzene rings is 1. The molecule has 0 radical (unpaired) electrons. The van der Waals surface area contributed by atoms with Crippen molar-refractivity contribution in [2.24, 2.45) is 21.0 Å². The number of amidine groups is 2. The highest BCUT2D eigenvalue weighted by molar-refractivity contribution is 6.32. The topological polar surface area (TPSA) is 57.4 Å². The van der Waals surface area contributed by atoms with Crippen LogP contribution in [0.25, 0.3) is 0 Å². The zero-order valence-electron chi connectivity index (χ0n) is 10.2. The fraction of sp³-hybridized carbons (Fsp3) is 0.231. The summed E-state index contributed by atoms with van der Waals surface area (Å²) in [4.78, 5) is 20.8. The molecule has 1 amide bonds. The van der Waals surface area contributed by atoms with Crippen molar-refractivity contribution in [3.8, 4) is 0 Å². The molecule has 2 aliphatic heterocycles. The zero-order chi connectivity index (χ0) is 12.7. The van der Waals surface area contributed by atoms with Crippen LogP contribution in [0.5, 0.6) is 0 Å². The molecule has 2 heterocycles. The number of fused-ring (bicyclic) bond motifs is 1. The van der Waals surface area contributed by atoms with Gasteiger partial charge in [-0.3, -0.25) is 4.79 Å². The van der Waals surface area contributed by atoms with Crippen molar-refractivity contribution < 1.29 is 4.79 Å². The van der Waals surface area contributed by atoms with Crippen molar-refractivity contribution in [3.05, 3.63) is 30.3 Å². The summed E-state index contributed by atoms with van der Waals surface area (Å²) < 4.78 is 0. The number of amides is 1. The van der Waals surface area contributed by atoms with Gasteiger partial charge in [-0.2, -0.15) is 5.01 Å². The SMILES string of the molecule is CC1=NC2=NN(c3ccccc3)C(=O)C2C(C)=N1. The number of para-hydroxylation sites is 1. The van der Waals surface area contributed by atoms with Crippen LogP contribution in [-0.4, -0.2) is 23.3 Å². The second-order valence-electron chi connectivity index (χ2n) is 4.29. The van der Waals surface area contributed by atoms with E-state index in [1.54, 1.807) is 6.92 Å². The minimum atomic E-state index is -0.422. The summed E-state index contributed by atoms with van der Waals surface area (Å²) in [5, 5.41) is 5.70. The quantitative estimate of drug-likeness (QED) is 0.739. The molecule has 90 valence electrons. The van der Waals surface area contributed by atoms with E-state index in [2.05, 4.69) is 15.1 Å². The molecule has 3 rings (SSSR count). The smallest absolute Gasteiger partial charge is 0.264 e. The molecule has 0 aromatic heterocycles. The molecule has 0 saturated heterocycles. The Morgan fingerprint density at radius 2 is 1.83 bits per heavy atom. The van der Waals surface area contributed by atoms with Gasteiger partial charge in [-0.05, 0) is 26.0 Å². The van der Waals surface area contributed by atoms with Crippen LogP contribution >= 0.6 is 0 Å². The predicted octanol–water partition coefficient (Wildman–Crippen LogP) is 1.86. The van der Waals surface area contributed by atoms with Crippen molar-refractivity contribution in [3.63, 3.8) is 0 Å². The Balaban J connectivity index is 2.04. The monoisotopic (exact) mass is 240 g/mol. The van der Waals surface area contributed by atoms with Crippen LogP contribution in [0.2, 0.25) is 0 Å². The van der Waals surface area contributed by atoms with Gasteiger partial charge < -0.3 is 0 Å². The highest BCUT2D eigenvalue weighted by atomic mass is 16.2. The van der Waals surface area contributed by atoms with E-state index < -0.39 is 5.92 Å². The first-order valence-electron chi connectivity index (χ1n) is 5.75. The number of hydrazone groups is 1. The zero-order valence-corrected chi connectivity index (χ0v) is 10.2. The molecule has 1 aromatic rings. The lowest BCUT2D eigenvalue weighted by Gasteiger charge is -2.15. The van der Waals surface area contributed by atoms with Gasteiger partial charge >= 0.3 is 0 Å². The van der Waals surface area contributed by atoms with E-state index in [-0.39, 0.29) is 5.91 Å². The van der Waals surface area contributed by atoms with Gasteiger partial charge in [0.25, 0.3) is 5.91 Å². The number of carbonyl (C=O) groups excluding carboxylic acids is 1. The van der Waals surface area contributed by atoms with Crippen LogP contribution in [0.4, 0.5) is 5.69 Å². The Hall–Kier alpha value is -2.30. The van der Waals surface area contributed by atoms with Crippen LogP contribution in [0.15, 0.2) is 45.4 Å². The molecule has 0 saturated carbocycles. The highest BCUT2D eigenvalue weighted by Gasteiger charge is 2.40. The van der Waals surface area contributed by atoms with Crippen molar-refractivity contribution >= 4 is 29.0 Å². The molecule has 0 fully saturated rings. The summed E-state index contributed by atoms with van der Waals surface area (Å²) in [5.41, 5.74) is 1.51. The molecule has 1 aromatic carbocycles. The van der Waals surface area contributed by atoms with Gasteiger partial charge in [0.2, 0.25) is 0 Å². The van der Waals surface area contributed by atoms with Gasteiger partial charge in [-0.1, -0.05) is 18.2 Å². The number of nitrogens with zero attached hydrogens (tertiary/aromatic N) is 4. The average Bonchev–Trinajstić information content (AvgIpc) is 2.67. The van der Waals surface area contributed by atoms with E-state index in [0.717, 1.165) is 11.4 Å². The van der Waals surface area contributed by atoms with Gasteiger partial charge in [0.15, 0.2) is 5.84 Å². The Morgan fingerprint density at radius 1 is 1.11 bits per heavy atom. The van der Waals surface area contributed by atoms with Gasteiger partial charge in [0.1, 0.15) is 11.8 Å². The van der Waals surface area contributed by atoms with Crippen molar-refractivity contribution in [2.75, 3.05) is 5.01 Å². The van der Waals surface area contributed by atoms with Crippen molar-refractivity contribution in [2.45, 2.75) is 13.8 Å². The van der Waals surface area contributed by atoms with Gasteiger partial charge in [0, 0.05) is 5.71 Å². The third kappa shape index (κ3) is 1.55. The number of aliphatic imine (C=N–C) groups is 2. The first-order valence-corrected chi connectivity index (χ1v) is 5.75. The molecular weight excluding hydrogens is 228 g/mol. The normalized spacial score (nSPS) is 22.3. The van der Waals surface area contributed by atoms with Crippen molar-refractivity contribution in [1.29, 1.82) is 0 Å². The molecule has 5 heteroatoms. The lowest BCUT2D eigenvalue weighted by Crippen LogP contribution is -2.33. The lowest BCUT2D eigenvalue weighted by molar-refractivity contribution is -0.118. The third-order valence-electron chi connectivity index (χ3n) is 2.95. The van der Waals surface area contributed by atoms with E-state index in [0.29, 0.717) is 11.7 Å². The van der Waals surface area contributed by atoms with Crippen LogP contribution < -0.4 is 5.01 Å². The third-order valence-corrected chi connectivity index (χ3v) is 2.95. The number of rotatable bonds is 1. The molecule has 1 unspecified atom stereocenters. The van der Waals surface area contributed by atoms with Crippen LogP contribution in [0.3, 0.4) is 0 Å². The van der Waals surface area contributed by atoms with Crippen LogP contribution in [0, 0.1) is 5.92 Å². The Morgan fingerprint density at radius 3 is 2.56 bits per heavy atom. The maximum atomic E-state index is 12.3. The van der Waals surface area contributed by atoms with E-state index in [1.807, 2.05) is 37.3 Å². The summed E-state index contributed by atoms with van der Waals surface area (Å²) in [6.07, 6.45) is 0. The molecule has 0 bridgehead atoms. The maximum Gasteiger partial charge on any atom is 0.264 e. The summed E-state index contributed by atoms with van der Waals surface area (Å²) >= 11 is 0. The second kappa shape index (κ2) is 3.87. The van der Waals surface area contributed by atoms with E-state index in [1.165, 1.54) is 5.01 Å². The summed E-state index contributed by atoms with van der Waals surface area (Å²) in [6.45, 7) is 3.64. The first-order chi connectivity index (χ1) is 8.66. The van der Waals surface area contributed by atoms with Gasteiger partial charge in [-0.25, -0.2) is 9.98 Å². The Kier molecular flexibility index (Phi) is 2.33. The fourth-order valence-corrected chi connectivity index (χ4v) is 2.16. The first kappa shape index (κ1) is 10.8. The molecule has 18 heavy (non-hydrogen) atoms. The summed E-state index contributed by atoms with van der Waals surface area (Å²) in [7, 11) is 0.